The van der Waals surface area contributed by atoms with Gasteiger partial charge in [-0.05, 0) is 6.92 Å². The zero-order valence-electron chi connectivity index (χ0n) is 6.51. The topological polar surface area (TPSA) is 28.7 Å². The van der Waals surface area contributed by atoms with Crippen LogP contribution in [0.3, 0.4) is 0 Å². The maximum Gasteiger partial charge on any atom is 0.108 e. The van der Waals surface area contributed by atoms with E-state index in [2.05, 4.69) is 22.6 Å². The standard InChI is InChI=1S/C7H10N2S2/c1-3-5-8-4(2)6(9-5)7(10)11/h3H2,1-2H3,(H,8,9)(H,10,11). The van der Waals surface area contributed by atoms with Crippen molar-refractivity contribution in [1.82, 2.24) is 9.97 Å². The number of thiol groups is 1. The predicted octanol–water partition coefficient (Wildman–Crippen LogP) is 1.89. The molecule has 0 fully saturated rings. The molecule has 0 bridgehead atoms. The number of rotatable bonds is 2. The van der Waals surface area contributed by atoms with Gasteiger partial charge in [0.2, 0.25) is 0 Å². The van der Waals surface area contributed by atoms with Crippen LogP contribution in [0.5, 0.6) is 0 Å². The van der Waals surface area contributed by atoms with Crippen LogP contribution in [-0.2, 0) is 6.42 Å². The number of nitrogens with zero attached hydrogens (tertiary/aromatic N) is 1. The first-order valence-electron chi connectivity index (χ1n) is 3.44. The molecule has 60 valence electrons. The van der Waals surface area contributed by atoms with Crippen molar-refractivity contribution in [2.75, 3.05) is 0 Å². The van der Waals surface area contributed by atoms with E-state index in [1.807, 2.05) is 13.8 Å². The zero-order chi connectivity index (χ0) is 8.43. The normalized spacial score (nSPS) is 10.1. The van der Waals surface area contributed by atoms with Crippen LogP contribution in [0.1, 0.15) is 24.1 Å². The molecule has 0 aromatic carbocycles. The van der Waals surface area contributed by atoms with Gasteiger partial charge in [0.1, 0.15) is 11.5 Å². The average molecular weight is 186 g/mol. The molecule has 0 atom stereocenters. The number of aryl methyl sites for hydroxylation is 2. The molecular formula is C7H10N2S2. The summed E-state index contributed by atoms with van der Waals surface area (Å²) in [7, 11) is 0. The van der Waals surface area contributed by atoms with Gasteiger partial charge < -0.3 is 4.98 Å². The zero-order valence-corrected chi connectivity index (χ0v) is 8.22. The number of hydrogen-bond acceptors (Lipinski definition) is 2. The minimum Gasteiger partial charge on any atom is -0.346 e. The van der Waals surface area contributed by atoms with Crippen molar-refractivity contribution in [1.29, 1.82) is 0 Å². The van der Waals surface area contributed by atoms with E-state index in [1.54, 1.807) is 0 Å². The SMILES string of the molecule is CCc1nc(C(=S)S)c(C)[nH]1. The Kier molecular flexibility index (Phi) is 2.67. The largest absolute Gasteiger partial charge is 0.346 e. The maximum atomic E-state index is 4.89. The smallest absolute Gasteiger partial charge is 0.108 e. The van der Waals surface area contributed by atoms with Gasteiger partial charge in [0.15, 0.2) is 0 Å². The molecular weight excluding hydrogens is 176 g/mol. The van der Waals surface area contributed by atoms with Crippen molar-refractivity contribution >= 4 is 29.0 Å². The Morgan fingerprint density at radius 3 is 2.64 bits per heavy atom. The van der Waals surface area contributed by atoms with Crippen molar-refractivity contribution in [3.8, 4) is 0 Å². The molecule has 2 nitrogen and oxygen atoms in total. The van der Waals surface area contributed by atoms with Gasteiger partial charge in [0.05, 0.1) is 4.20 Å². The van der Waals surface area contributed by atoms with E-state index in [0.717, 1.165) is 23.6 Å². The molecule has 1 rings (SSSR count). The molecule has 4 heteroatoms. The second kappa shape index (κ2) is 3.36. The molecule has 0 aliphatic carbocycles. The lowest BCUT2D eigenvalue weighted by atomic mass is 10.4. The fourth-order valence-corrected chi connectivity index (χ4v) is 1.31. The highest BCUT2D eigenvalue weighted by Crippen LogP contribution is 2.08. The van der Waals surface area contributed by atoms with E-state index in [1.165, 1.54) is 0 Å². The Morgan fingerprint density at radius 1 is 1.73 bits per heavy atom. The van der Waals surface area contributed by atoms with Crippen LogP contribution in [0.2, 0.25) is 0 Å². The summed E-state index contributed by atoms with van der Waals surface area (Å²) in [5.74, 6) is 0.967. The molecule has 1 aromatic heterocycles. The second-order valence-corrected chi connectivity index (χ2v) is 3.47. The van der Waals surface area contributed by atoms with Gasteiger partial charge >= 0.3 is 0 Å². The van der Waals surface area contributed by atoms with E-state index in [4.69, 9.17) is 12.2 Å². The van der Waals surface area contributed by atoms with Gasteiger partial charge in [-0.1, -0.05) is 19.1 Å². The van der Waals surface area contributed by atoms with E-state index in [-0.39, 0.29) is 0 Å². The molecule has 1 aromatic rings. The van der Waals surface area contributed by atoms with Crippen LogP contribution in [0.4, 0.5) is 0 Å². The summed E-state index contributed by atoms with van der Waals surface area (Å²) in [6, 6.07) is 0. The number of nitrogens with one attached hydrogen (secondary N) is 1. The average Bonchev–Trinajstić information content (AvgIpc) is 2.30. The molecule has 0 radical (unpaired) electrons. The van der Waals surface area contributed by atoms with E-state index in [9.17, 15) is 0 Å². The van der Waals surface area contributed by atoms with Gasteiger partial charge in [-0.3, -0.25) is 0 Å². The third kappa shape index (κ3) is 1.81. The number of aromatic amines is 1. The second-order valence-electron chi connectivity index (χ2n) is 2.32. The van der Waals surface area contributed by atoms with Crippen LogP contribution in [-0.4, -0.2) is 14.2 Å². The quantitative estimate of drug-likeness (QED) is 0.545. The Bertz CT molecular complexity index is 278. The molecule has 1 heterocycles. The van der Waals surface area contributed by atoms with Crippen LogP contribution in [0, 0.1) is 6.92 Å². The Balaban J connectivity index is 3.07. The lowest BCUT2D eigenvalue weighted by Crippen LogP contribution is -1.90. The Morgan fingerprint density at radius 2 is 2.36 bits per heavy atom. The van der Waals surface area contributed by atoms with Crippen molar-refractivity contribution in [2.24, 2.45) is 0 Å². The van der Waals surface area contributed by atoms with Crippen LogP contribution in [0.25, 0.3) is 0 Å². The highest BCUT2D eigenvalue weighted by Gasteiger charge is 2.06. The van der Waals surface area contributed by atoms with Crippen molar-refractivity contribution in [2.45, 2.75) is 20.3 Å². The summed E-state index contributed by atoms with van der Waals surface area (Å²) in [5, 5.41) is 0. The maximum absolute atomic E-state index is 4.89. The molecule has 0 saturated carbocycles. The van der Waals surface area contributed by atoms with E-state index in [0.29, 0.717) is 4.20 Å². The summed E-state index contributed by atoms with van der Waals surface area (Å²) >= 11 is 8.95. The van der Waals surface area contributed by atoms with Gasteiger partial charge in [0.25, 0.3) is 0 Å². The first-order chi connectivity index (χ1) is 5.15. The molecule has 1 N–H and O–H groups in total. The minimum atomic E-state index is 0.554. The number of imidazole rings is 1. The van der Waals surface area contributed by atoms with E-state index >= 15 is 0 Å². The van der Waals surface area contributed by atoms with Crippen molar-refractivity contribution in [3.05, 3.63) is 17.2 Å². The van der Waals surface area contributed by atoms with Crippen LogP contribution >= 0.6 is 24.8 Å². The predicted molar refractivity (Wildman–Crippen MR) is 53.4 cm³/mol. The third-order valence-corrected chi connectivity index (χ3v) is 1.88. The molecule has 0 spiro atoms. The summed E-state index contributed by atoms with van der Waals surface area (Å²) in [4.78, 5) is 7.38. The Hall–Kier alpha value is -0.350. The third-order valence-electron chi connectivity index (χ3n) is 1.47. The lowest BCUT2D eigenvalue weighted by Gasteiger charge is -1.88. The lowest BCUT2D eigenvalue weighted by molar-refractivity contribution is 0.981. The van der Waals surface area contributed by atoms with Gasteiger partial charge in [-0.15, -0.1) is 12.6 Å². The molecule has 0 aliphatic rings. The number of hydrogen-bond donors (Lipinski definition) is 2. The monoisotopic (exact) mass is 186 g/mol. The highest BCUT2D eigenvalue weighted by molar-refractivity contribution is 8.11. The summed E-state index contributed by atoms with van der Waals surface area (Å²) in [6.07, 6.45) is 0.900. The molecule has 0 saturated heterocycles. The molecule has 11 heavy (non-hydrogen) atoms. The fourth-order valence-electron chi connectivity index (χ4n) is 0.898. The summed E-state index contributed by atoms with van der Waals surface area (Å²) < 4.78 is 0.554. The van der Waals surface area contributed by atoms with Gasteiger partial charge in [0, 0.05) is 12.1 Å². The number of H-pyrrole nitrogens is 1. The summed E-state index contributed by atoms with van der Waals surface area (Å²) in [5.41, 5.74) is 1.81. The Labute approximate surface area is 76.8 Å². The number of aromatic nitrogens is 2. The van der Waals surface area contributed by atoms with Crippen LogP contribution < -0.4 is 0 Å². The molecule has 0 unspecified atom stereocenters. The first kappa shape index (κ1) is 8.74. The van der Waals surface area contributed by atoms with E-state index < -0.39 is 0 Å². The minimum absolute atomic E-state index is 0.554. The first-order valence-corrected chi connectivity index (χ1v) is 4.29. The van der Waals surface area contributed by atoms with Crippen molar-refractivity contribution in [3.63, 3.8) is 0 Å². The molecule has 0 aliphatic heterocycles. The van der Waals surface area contributed by atoms with Gasteiger partial charge in [-0.25, -0.2) is 4.98 Å². The fraction of sp³-hybridized carbons (Fsp3) is 0.429. The summed E-state index contributed by atoms with van der Waals surface area (Å²) in [6.45, 7) is 3.99. The van der Waals surface area contributed by atoms with Crippen molar-refractivity contribution < 1.29 is 0 Å². The van der Waals surface area contributed by atoms with Crippen LogP contribution in [0.15, 0.2) is 0 Å². The molecule has 0 amide bonds. The number of thiocarbonyl (C=S) groups is 1. The highest BCUT2D eigenvalue weighted by atomic mass is 32.1. The van der Waals surface area contributed by atoms with Gasteiger partial charge in [-0.2, -0.15) is 0 Å².